The van der Waals surface area contributed by atoms with Gasteiger partial charge < -0.3 is 25.0 Å². The van der Waals surface area contributed by atoms with Crippen LogP contribution in [-0.4, -0.2) is 57.7 Å². The van der Waals surface area contributed by atoms with E-state index in [1.165, 1.54) is 25.3 Å². The fourth-order valence-corrected chi connectivity index (χ4v) is 3.86. The van der Waals surface area contributed by atoms with Crippen molar-refractivity contribution in [3.63, 3.8) is 0 Å². The van der Waals surface area contributed by atoms with Crippen molar-refractivity contribution in [3.05, 3.63) is 77.9 Å². The van der Waals surface area contributed by atoms with E-state index in [4.69, 9.17) is 9.47 Å². The number of aliphatic hydroxyl groups excluding tert-OH is 1. The first-order valence-electron chi connectivity index (χ1n) is 10.8. The number of carbonyl (C=O) groups excluding carboxylic acids is 1. The number of methoxy groups -OCH3 is 1. The van der Waals surface area contributed by atoms with Crippen LogP contribution in [0.2, 0.25) is 0 Å². The molecule has 0 aliphatic carbocycles. The number of ether oxygens (including phenoxy) is 2. The molecule has 0 amide bonds. The van der Waals surface area contributed by atoms with E-state index in [9.17, 15) is 23.4 Å². The largest absolute Gasteiger partial charge is 0.506 e. The number of anilines is 1. The Labute approximate surface area is 204 Å². The molecular formula is C25H28N2O7S. The van der Waals surface area contributed by atoms with Crippen molar-refractivity contribution >= 4 is 21.7 Å². The van der Waals surface area contributed by atoms with Gasteiger partial charge in [0.05, 0.1) is 30.7 Å². The van der Waals surface area contributed by atoms with Gasteiger partial charge >= 0.3 is 5.97 Å². The van der Waals surface area contributed by atoms with Crippen LogP contribution in [-0.2, 0) is 14.8 Å². The zero-order valence-corrected chi connectivity index (χ0v) is 20.2. The zero-order valence-electron chi connectivity index (χ0n) is 19.4. The molecule has 0 radical (unpaired) electrons. The minimum atomic E-state index is -3.56. The highest BCUT2D eigenvalue weighted by Gasteiger charge is 2.13. The average molecular weight is 501 g/mol. The molecule has 0 spiro atoms. The molecule has 35 heavy (non-hydrogen) atoms. The maximum absolute atomic E-state index is 11.5. The molecule has 0 heterocycles. The van der Waals surface area contributed by atoms with Gasteiger partial charge in [-0.05, 0) is 53.1 Å². The van der Waals surface area contributed by atoms with Crippen molar-refractivity contribution in [2.75, 3.05) is 37.8 Å². The van der Waals surface area contributed by atoms with Crippen LogP contribution in [0.5, 0.6) is 11.5 Å². The zero-order chi connectivity index (χ0) is 25.4. The van der Waals surface area contributed by atoms with Crippen molar-refractivity contribution in [2.24, 2.45) is 0 Å². The summed E-state index contributed by atoms with van der Waals surface area (Å²) in [4.78, 5) is 11.5. The Balaban J connectivity index is 1.45. The van der Waals surface area contributed by atoms with Crippen molar-refractivity contribution in [2.45, 2.75) is 6.10 Å². The molecule has 9 nitrogen and oxygen atoms in total. The summed E-state index contributed by atoms with van der Waals surface area (Å²) in [5.74, 6) is 0.0902. The number of nitrogens with one attached hydrogen (secondary N) is 2. The second-order valence-electron chi connectivity index (χ2n) is 7.81. The van der Waals surface area contributed by atoms with Gasteiger partial charge in [0.1, 0.15) is 18.1 Å². The van der Waals surface area contributed by atoms with Gasteiger partial charge in [0.2, 0.25) is 10.0 Å². The molecule has 4 N–H and O–H groups in total. The maximum atomic E-state index is 11.5. The van der Waals surface area contributed by atoms with Crippen LogP contribution in [0.25, 0.3) is 11.1 Å². The Kier molecular flexibility index (Phi) is 8.69. The Hall–Kier alpha value is -3.60. The number of hydrogen-bond donors (Lipinski definition) is 4. The normalized spacial score (nSPS) is 12.1. The lowest BCUT2D eigenvalue weighted by Gasteiger charge is -2.15. The number of phenolic OH excluding ortho intramolecular Hbond substituents is 1. The quantitative estimate of drug-likeness (QED) is 0.179. The van der Waals surface area contributed by atoms with Crippen LogP contribution in [0.1, 0.15) is 22.0 Å². The van der Waals surface area contributed by atoms with Gasteiger partial charge in [0, 0.05) is 13.1 Å². The van der Waals surface area contributed by atoms with Crippen LogP contribution in [0.4, 0.5) is 5.69 Å². The first-order valence-corrected chi connectivity index (χ1v) is 12.7. The van der Waals surface area contributed by atoms with E-state index in [0.29, 0.717) is 30.0 Å². The van der Waals surface area contributed by atoms with Crippen LogP contribution >= 0.6 is 0 Å². The van der Waals surface area contributed by atoms with E-state index in [-0.39, 0.29) is 24.0 Å². The van der Waals surface area contributed by atoms with Crippen LogP contribution < -0.4 is 14.8 Å². The van der Waals surface area contributed by atoms with Gasteiger partial charge in [-0.25, -0.2) is 13.2 Å². The fraction of sp³-hybridized carbons (Fsp3) is 0.240. The minimum Gasteiger partial charge on any atom is -0.506 e. The second-order valence-corrected chi connectivity index (χ2v) is 9.56. The highest BCUT2D eigenvalue weighted by Crippen LogP contribution is 2.28. The van der Waals surface area contributed by atoms with Gasteiger partial charge in [-0.15, -0.1) is 0 Å². The number of aliphatic hydroxyl groups is 1. The molecule has 0 bridgehead atoms. The van der Waals surface area contributed by atoms with Gasteiger partial charge in [-0.3, -0.25) is 4.72 Å². The first-order chi connectivity index (χ1) is 16.7. The topological polar surface area (TPSA) is 134 Å². The van der Waals surface area contributed by atoms with Gasteiger partial charge in [-0.1, -0.05) is 30.3 Å². The van der Waals surface area contributed by atoms with E-state index in [2.05, 4.69) is 10.0 Å². The number of sulfonamides is 1. The monoisotopic (exact) mass is 500 g/mol. The lowest BCUT2D eigenvalue weighted by atomic mass is 10.0. The van der Waals surface area contributed by atoms with Gasteiger partial charge in [-0.2, -0.15) is 0 Å². The number of hydrogen-bond acceptors (Lipinski definition) is 8. The number of rotatable bonds is 11. The molecular weight excluding hydrogens is 472 g/mol. The Morgan fingerprint density at radius 2 is 1.63 bits per heavy atom. The molecule has 3 rings (SSSR count). The molecule has 0 aliphatic rings. The summed E-state index contributed by atoms with van der Waals surface area (Å²) in [5.41, 5.74) is 2.90. The molecule has 0 saturated heterocycles. The summed E-state index contributed by atoms with van der Waals surface area (Å²) in [6.07, 6.45) is 0.0783. The number of phenols is 1. The first kappa shape index (κ1) is 26.0. The molecule has 3 aromatic carbocycles. The lowest BCUT2D eigenvalue weighted by molar-refractivity contribution is 0.0600. The summed E-state index contributed by atoms with van der Waals surface area (Å²) in [6.45, 7) is 1.06. The summed E-state index contributed by atoms with van der Waals surface area (Å²) in [6, 6.07) is 18.9. The number of aromatic hydroxyl groups is 1. The predicted octanol–water partition coefficient (Wildman–Crippen LogP) is 2.92. The molecule has 1 unspecified atom stereocenters. The van der Waals surface area contributed by atoms with Crippen LogP contribution in [0.3, 0.4) is 0 Å². The average Bonchev–Trinajstić information content (AvgIpc) is 2.84. The summed E-state index contributed by atoms with van der Waals surface area (Å²) < 4.78 is 35.5. The van der Waals surface area contributed by atoms with Crippen molar-refractivity contribution in [1.29, 1.82) is 0 Å². The highest BCUT2D eigenvalue weighted by atomic mass is 32.2. The Morgan fingerprint density at radius 1 is 1.00 bits per heavy atom. The predicted molar refractivity (Wildman–Crippen MR) is 133 cm³/mol. The van der Waals surface area contributed by atoms with Crippen LogP contribution in [0.15, 0.2) is 66.7 Å². The minimum absolute atomic E-state index is 0.00948. The van der Waals surface area contributed by atoms with Gasteiger partial charge in [0.25, 0.3) is 0 Å². The van der Waals surface area contributed by atoms with Crippen LogP contribution in [0, 0.1) is 0 Å². The molecule has 186 valence electrons. The standard InChI is InChI=1S/C25H28N2O7S/c1-33-25(30)19-5-3-17(4-6-19)18-7-10-21(11-8-18)34-14-13-26-16-24(29)20-9-12-23(28)22(15-20)27-35(2,31)32/h3-12,15,24,26-29H,13-14,16H2,1-2H3. The third-order valence-corrected chi connectivity index (χ3v) is 5.67. The third kappa shape index (κ3) is 7.71. The number of esters is 1. The summed E-state index contributed by atoms with van der Waals surface area (Å²) >= 11 is 0. The summed E-state index contributed by atoms with van der Waals surface area (Å²) in [7, 11) is -2.21. The van der Waals surface area contributed by atoms with E-state index < -0.39 is 16.1 Å². The molecule has 0 aliphatic heterocycles. The smallest absolute Gasteiger partial charge is 0.337 e. The second kappa shape index (κ2) is 11.7. The van der Waals surface area contributed by atoms with Crippen molar-refractivity contribution < 1.29 is 32.9 Å². The van der Waals surface area contributed by atoms with Gasteiger partial charge in [0.15, 0.2) is 0 Å². The number of carbonyl (C=O) groups is 1. The van der Waals surface area contributed by atoms with Crippen molar-refractivity contribution in [3.8, 4) is 22.6 Å². The fourth-order valence-electron chi connectivity index (χ4n) is 3.30. The lowest BCUT2D eigenvalue weighted by Crippen LogP contribution is -2.26. The molecule has 0 fully saturated rings. The highest BCUT2D eigenvalue weighted by molar-refractivity contribution is 7.92. The molecule has 0 aromatic heterocycles. The van der Waals surface area contributed by atoms with Crippen molar-refractivity contribution in [1.82, 2.24) is 5.32 Å². The van der Waals surface area contributed by atoms with E-state index in [1.54, 1.807) is 12.1 Å². The number of benzene rings is 3. The summed E-state index contributed by atoms with van der Waals surface area (Å²) in [5, 5.41) is 23.2. The molecule has 3 aromatic rings. The third-order valence-electron chi connectivity index (χ3n) is 5.08. The SMILES string of the molecule is COC(=O)c1ccc(-c2ccc(OCCNCC(O)c3ccc(O)c(NS(C)(=O)=O)c3)cc2)cc1. The molecule has 1 atom stereocenters. The maximum Gasteiger partial charge on any atom is 0.337 e. The molecule has 0 saturated carbocycles. The Bertz CT molecular complexity index is 1240. The van der Waals surface area contributed by atoms with E-state index in [0.717, 1.165) is 17.4 Å². The Morgan fingerprint density at radius 3 is 2.23 bits per heavy atom. The van der Waals surface area contributed by atoms with E-state index >= 15 is 0 Å². The molecule has 10 heteroatoms. The van der Waals surface area contributed by atoms with E-state index in [1.807, 2.05) is 36.4 Å².